The van der Waals surface area contributed by atoms with Crippen LogP contribution in [0.15, 0.2) is 24.3 Å². The molecule has 3 heteroatoms. The van der Waals surface area contributed by atoms with E-state index in [1.165, 1.54) is 0 Å². The van der Waals surface area contributed by atoms with E-state index in [1.807, 2.05) is 24.3 Å². The SMILES string of the molecule is O=C1c2ccccc2NC12CCCS2. The van der Waals surface area contributed by atoms with Crippen molar-refractivity contribution in [2.24, 2.45) is 0 Å². The Kier molecular flexibility index (Phi) is 1.65. The minimum Gasteiger partial charge on any atom is -0.364 e. The molecular formula is C11H11NOS. The number of hydrogen-bond acceptors (Lipinski definition) is 3. The van der Waals surface area contributed by atoms with Gasteiger partial charge in [-0.05, 0) is 30.7 Å². The molecule has 0 bridgehead atoms. The number of ketones is 1. The van der Waals surface area contributed by atoms with Gasteiger partial charge in [-0.3, -0.25) is 4.79 Å². The van der Waals surface area contributed by atoms with Gasteiger partial charge < -0.3 is 5.32 Å². The van der Waals surface area contributed by atoms with Crippen LogP contribution in [0.1, 0.15) is 23.2 Å². The summed E-state index contributed by atoms with van der Waals surface area (Å²) in [7, 11) is 0. The van der Waals surface area contributed by atoms with Crippen molar-refractivity contribution < 1.29 is 4.79 Å². The number of nitrogens with one attached hydrogen (secondary N) is 1. The zero-order valence-corrected chi connectivity index (χ0v) is 8.56. The maximum atomic E-state index is 12.1. The molecule has 3 rings (SSSR count). The van der Waals surface area contributed by atoms with Gasteiger partial charge >= 0.3 is 0 Å². The largest absolute Gasteiger partial charge is 0.364 e. The van der Waals surface area contributed by atoms with E-state index in [2.05, 4.69) is 5.32 Å². The van der Waals surface area contributed by atoms with E-state index in [1.54, 1.807) is 11.8 Å². The number of hydrogen-bond donors (Lipinski definition) is 1. The highest BCUT2D eigenvalue weighted by Gasteiger charge is 2.47. The molecule has 1 atom stereocenters. The van der Waals surface area contributed by atoms with Gasteiger partial charge in [-0.2, -0.15) is 0 Å². The second kappa shape index (κ2) is 2.76. The summed E-state index contributed by atoms with van der Waals surface area (Å²) in [6.07, 6.45) is 2.10. The zero-order chi connectivity index (χ0) is 9.60. The number of Topliss-reactive ketones (excluding diaryl/α,β-unsaturated/α-hetero) is 1. The molecule has 2 nitrogen and oxygen atoms in total. The topological polar surface area (TPSA) is 29.1 Å². The van der Waals surface area contributed by atoms with Gasteiger partial charge in [-0.15, -0.1) is 11.8 Å². The summed E-state index contributed by atoms with van der Waals surface area (Å²) in [5.74, 6) is 1.36. The lowest BCUT2D eigenvalue weighted by atomic mass is 10.0. The molecule has 1 N–H and O–H groups in total. The third kappa shape index (κ3) is 0.960. The number of carbonyl (C=O) groups excluding carboxylic acids is 1. The van der Waals surface area contributed by atoms with Crippen molar-refractivity contribution in [3.8, 4) is 0 Å². The van der Waals surface area contributed by atoms with Crippen LogP contribution in [0.3, 0.4) is 0 Å². The van der Waals surface area contributed by atoms with Crippen molar-refractivity contribution in [1.82, 2.24) is 0 Å². The van der Waals surface area contributed by atoms with E-state index in [0.717, 1.165) is 29.8 Å². The molecule has 72 valence electrons. The number of benzene rings is 1. The lowest BCUT2D eigenvalue weighted by Gasteiger charge is -2.20. The van der Waals surface area contributed by atoms with E-state index in [9.17, 15) is 4.79 Å². The Balaban J connectivity index is 2.09. The van der Waals surface area contributed by atoms with Gasteiger partial charge in [0.25, 0.3) is 0 Å². The molecule has 0 aliphatic carbocycles. The smallest absolute Gasteiger partial charge is 0.200 e. The maximum absolute atomic E-state index is 12.1. The van der Waals surface area contributed by atoms with Crippen LogP contribution in [0.5, 0.6) is 0 Å². The molecule has 1 fully saturated rings. The molecule has 1 unspecified atom stereocenters. The summed E-state index contributed by atoms with van der Waals surface area (Å²) < 4.78 is 0. The van der Waals surface area contributed by atoms with E-state index in [0.29, 0.717) is 0 Å². The standard InChI is InChI=1S/C11H11NOS/c13-10-8-4-1-2-5-9(8)12-11(10)6-3-7-14-11/h1-2,4-5,12H,3,6-7H2. The van der Waals surface area contributed by atoms with Gasteiger partial charge in [0, 0.05) is 11.3 Å². The quantitative estimate of drug-likeness (QED) is 0.705. The minimum atomic E-state index is -0.316. The first-order chi connectivity index (χ1) is 6.82. The first-order valence-electron chi connectivity index (χ1n) is 4.88. The lowest BCUT2D eigenvalue weighted by molar-refractivity contribution is 0.0964. The number of thioether (sulfide) groups is 1. The normalized spacial score (nSPS) is 29.3. The Labute approximate surface area is 87.1 Å². The van der Waals surface area contributed by atoms with E-state index < -0.39 is 0 Å². The Morgan fingerprint density at radius 3 is 2.93 bits per heavy atom. The second-order valence-electron chi connectivity index (χ2n) is 3.78. The molecule has 2 aliphatic rings. The summed E-state index contributed by atoms with van der Waals surface area (Å²) in [6.45, 7) is 0. The predicted octanol–water partition coefficient (Wildman–Crippen LogP) is 2.52. The molecule has 0 saturated carbocycles. The molecule has 1 aromatic rings. The average Bonchev–Trinajstić information content (AvgIpc) is 2.77. The van der Waals surface area contributed by atoms with Crippen molar-refractivity contribution >= 4 is 23.2 Å². The Hall–Kier alpha value is -0.960. The van der Waals surface area contributed by atoms with E-state index >= 15 is 0 Å². The predicted molar refractivity (Wildman–Crippen MR) is 58.8 cm³/mol. The Morgan fingerprint density at radius 2 is 2.21 bits per heavy atom. The molecule has 1 saturated heterocycles. The average molecular weight is 205 g/mol. The molecule has 0 amide bonds. The van der Waals surface area contributed by atoms with Crippen LogP contribution in [-0.2, 0) is 0 Å². The third-order valence-corrected chi connectivity index (χ3v) is 4.37. The van der Waals surface area contributed by atoms with Gasteiger partial charge in [-0.25, -0.2) is 0 Å². The number of anilines is 1. The first-order valence-corrected chi connectivity index (χ1v) is 5.86. The van der Waals surface area contributed by atoms with Gasteiger partial charge in [0.2, 0.25) is 5.78 Å². The van der Waals surface area contributed by atoms with E-state index in [4.69, 9.17) is 0 Å². The van der Waals surface area contributed by atoms with Crippen LogP contribution in [0.4, 0.5) is 5.69 Å². The van der Waals surface area contributed by atoms with Crippen molar-refractivity contribution in [2.75, 3.05) is 11.1 Å². The summed E-state index contributed by atoms with van der Waals surface area (Å²) >= 11 is 1.76. The summed E-state index contributed by atoms with van der Waals surface area (Å²) in [5, 5.41) is 3.37. The second-order valence-corrected chi connectivity index (χ2v) is 5.17. The highest BCUT2D eigenvalue weighted by Crippen LogP contribution is 2.46. The zero-order valence-electron chi connectivity index (χ0n) is 7.75. The highest BCUT2D eigenvalue weighted by molar-refractivity contribution is 8.01. The van der Waals surface area contributed by atoms with Gasteiger partial charge in [0.1, 0.15) is 4.87 Å². The number of carbonyl (C=O) groups is 1. The summed E-state index contributed by atoms with van der Waals surface area (Å²) in [5.41, 5.74) is 1.87. The van der Waals surface area contributed by atoms with E-state index in [-0.39, 0.29) is 10.7 Å². The van der Waals surface area contributed by atoms with Crippen molar-refractivity contribution in [2.45, 2.75) is 17.7 Å². The number of rotatable bonds is 0. The highest BCUT2D eigenvalue weighted by atomic mass is 32.2. The molecule has 2 heterocycles. The third-order valence-electron chi connectivity index (χ3n) is 2.90. The van der Waals surface area contributed by atoms with Crippen molar-refractivity contribution in [3.63, 3.8) is 0 Å². The fourth-order valence-corrected chi connectivity index (χ4v) is 3.55. The van der Waals surface area contributed by atoms with Crippen molar-refractivity contribution in [3.05, 3.63) is 29.8 Å². The lowest BCUT2D eigenvalue weighted by Crippen LogP contribution is -2.34. The molecule has 1 spiro atoms. The minimum absolute atomic E-state index is 0.274. The molecule has 2 aliphatic heterocycles. The van der Waals surface area contributed by atoms with Gasteiger partial charge in [0.15, 0.2) is 0 Å². The molecule has 0 aromatic heterocycles. The Bertz CT molecular complexity index is 396. The van der Waals surface area contributed by atoms with Gasteiger partial charge in [0.05, 0.1) is 0 Å². The fraction of sp³-hybridized carbons (Fsp3) is 0.364. The molecule has 14 heavy (non-hydrogen) atoms. The van der Waals surface area contributed by atoms with Gasteiger partial charge in [-0.1, -0.05) is 12.1 Å². The van der Waals surface area contributed by atoms with Crippen molar-refractivity contribution in [1.29, 1.82) is 0 Å². The van der Waals surface area contributed by atoms with Crippen LogP contribution >= 0.6 is 11.8 Å². The van der Waals surface area contributed by atoms with Crippen LogP contribution in [0.25, 0.3) is 0 Å². The monoisotopic (exact) mass is 205 g/mol. The molecule has 1 aromatic carbocycles. The number of fused-ring (bicyclic) bond motifs is 1. The summed E-state index contributed by atoms with van der Waals surface area (Å²) in [4.78, 5) is 11.8. The fourth-order valence-electron chi connectivity index (χ4n) is 2.20. The number of para-hydroxylation sites is 1. The molecular weight excluding hydrogens is 194 g/mol. The molecule has 0 radical (unpaired) electrons. The Morgan fingerprint density at radius 1 is 1.36 bits per heavy atom. The van der Waals surface area contributed by atoms with Crippen LogP contribution in [-0.4, -0.2) is 16.4 Å². The maximum Gasteiger partial charge on any atom is 0.200 e. The van der Waals surface area contributed by atoms with Crippen LogP contribution in [0, 0.1) is 0 Å². The first kappa shape index (κ1) is 8.36. The van der Waals surface area contributed by atoms with Crippen LogP contribution in [0.2, 0.25) is 0 Å². The van der Waals surface area contributed by atoms with Crippen LogP contribution < -0.4 is 5.32 Å². The summed E-state index contributed by atoms with van der Waals surface area (Å²) in [6, 6.07) is 7.80.